The fourth-order valence-electron chi connectivity index (χ4n) is 4.02. The molecule has 0 fully saturated rings. The number of amidine groups is 2. The number of para-hydroxylation sites is 1. The first-order valence-electron chi connectivity index (χ1n) is 11.3. The summed E-state index contributed by atoms with van der Waals surface area (Å²) < 4.78 is 0. The maximum atomic E-state index is 13.5. The van der Waals surface area contributed by atoms with Crippen LogP contribution < -0.4 is 5.32 Å². The van der Waals surface area contributed by atoms with Crippen molar-refractivity contribution in [1.29, 1.82) is 0 Å². The first kappa shape index (κ1) is 23.3. The number of thioether (sulfide) groups is 1. The van der Waals surface area contributed by atoms with Crippen LogP contribution >= 0.6 is 23.4 Å². The minimum absolute atomic E-state index is 0.115. The molecule has 2 amide bonds. The molecule has 2 aliphatic rings. The Bertz CT molecular complexity index is 1320. The van der Waals surface area contributed by atoms with Gasteiger partial charge in [-0.2, -0.15) is 0 Å². The average molecular weight is 503 g/mol. The quantitative estimate of drug-likeness (QED) is 0.506. The fourth-order valence-corrected chi connectivity index (χ4v) is 5.08. The molecular weight excluding hydrogens is 480 g/mol. The van der Waals surface area contributed by atoms with Crippen LogP contribution in [0.1, 0.15) is 29.7 Å². The molecule has 3 aromatic carbocycles. The summed E-state index contributed by atoms with van der Waals surface area (Å²) in [4.78, 5) is 37.4. The summed E-state index contributed by atoms with van der Waals surface area (Å²) in [5.74, 6) is 0.296. The summed E-state index contributed by atoms with van der Waals surface area (Å²) in [6, 6.07) is 24.1. The van der Waals surface area contributed by atoms with Crippen LogP contribution in [-0.2, 0) is 16.0 Å². The summed E-state index contributed by atoms with van der Waals surface area (Å²) >= 11 is 7.20. The topological polar surface area (TPSA) is 74.1 Å². The van der Waals surface area contributed by atoms with Crippen LogP contribution in [0.4, 0.5) is 5.69 Å². The Morgan fingerprint density at radius 3 is 2.54 bits per heavy atom. The third-order valence-electron chi connectivity index (χ3n) is 5.86. The zero-order valence-corrected chi connectivity index (χ0v) is 20.6. The van der Waals surface area contributed by atoms with Gasteiger partial charge in [-0.15, -0.1) is 0 Å². The van der Waals surface area contributed by atoms with Crippen molar-refractivity contribution in [2.75, 3.05) is 6.54 Å². The molecule has 0 radical (unpaired) electrons. The lowest BCUT2D eigenvalue weighted by molar-refractivity contribution is -0.124. The summed E-state index contributed by atoms with van der Waals surface area (Å²) in [7, 11) is 0. The number of benzene rings is 3. The lowest BCUT2D eigenvalue weighted by atomic mass is 10.1. The van der Waals surface area contributed by atoms with Crippen molar-refractivity contribution in [3.05, 3.63) is 101 Å². The predicted molar refractivity (Wildman–Crippen MR) is 141 cm³/mol. The minimum atomic E-state index is -0.633. The van der Waals surface area contributed by atoms with Crippen LogP contribution in [0.15, 0.2) is 88.8 Å². The van der Waals surface area contributed by atoms with E-state index in [0.717, 1.165) is 22.4 Å². The average Bonchev–Trinajstić information content (AvgIpc) is 3.23. The Morgan fingerprint density at radius 1 is 1.06 bits per heavy atom. The Labute approximate surface area is 213 Å². The number of nitrogens with one attached hydrogen (secondary N) is 1. The van der Waals surface area contributed by atoms with Crippen LogP contribution in [0.25, 0.3) is 0 Å². The van der Waals surface area contributed by atoms with Gasteiger partial charge in [-0.3, -0.25) is 9.59 Å². The van der Waals surface area contributed by atoms with Gasteiger partial charge in [0.05, 0.1) is 10.9 Å². The molecule has 2 aliphatic heterocycles. The van der Waals surface area contributed by atoms with Crippen molar-refractivity contribution in [2.45, 2.75) is 24.6 Å². The van der Waals surface area contributed by atoms with E-state index in [1.54, 1.807) is 4.90 Å². The molecule has 3 aromatic rings. The lowest BCUT2D eigenvalue weighted by Crippen LogP contribution is -2.42. The molecule has 8 heteroatoms. The molecule has 0 unspecified atom stereocenters. The molecule has 0 bridgehead atoms. The van der Waals surface area contributed by atoms with E-state index >= 15 is 0 Å². The highest BCUT2D eigenvalue weighted by molar-refractivity contribution is 8.15. The van der Waals surface area contributed by atoms with Crippen LogP contribution in [-0.4, -0.2) is 39.5 Å². The molecule has 2 atom stereocenters. The smallest absolute Gasteiger partial charge is 0.263 e. The van der Waals surface area contributed by atoms with E-state index in [-0.39, 0.29) is 11.8 Å². The fraction of sp³-hybridized carbons (Fsp3) is 0.185. The van der Waals surface area contributed by atoms with Gasteiger partial charge in [0.15, 0.2) is 11.2 Å². The van der Waals surface area contributed by atoms with E-state index in [1.807, 2.05) is 85.8 Å². The van der Waals surface area contributed by atoms with E-state index in [0.29, 0.717) is 29.0 Å². The first-order chi connectivity index (χ1) is 17.0. The SMILES string of the molecule is C[C@H](SC1=Nc2ccccc2C2=N[C@@H](c3ccccc3)C(=O)N12)C(=O)NCCc1ccc(Cl)cc1. The van der Waals surface area contributed by atoms with E-state index in [1.165, 1.54) is 11.8 Å². The zero-order valence-electron chi connectivity index (χ0n) is 19.0. The van der Waals surface area contributed by atoms with E-state index < -0.39 is 11.3 Å². The van der Waals surface area contributed by atoms with Gasteiger partial charge in [-0.25, -0.2) is 14.9 Å². The second kappa shape index (κ2) is 10.1. The number of carbonyl (C=O) groups is 2. The number of halogens is 1. The van der Waals surface area contributed by atoms with Crippen molar-refractivity contribution in [3.8, 4) is 0 Å². The number of hydrogen-bond acceptors (Lipinski definition) is 5. The highest BCUT2D eigenvalue weighted by Crippen LogP contribution is 2.38. The van der Waals surface area contributed by atoms with Crippen LogP contribution in [0, 0.1) is 0 Å². The van der Waals surface area contributed by atoms with Gasteiger partial charge in [0, 0.05) is 17.1 Å². The number of aliphatic imine (C=N–C) groups is 2. The van der Waals surface area contributed by atoms with Crippen molar-refractivity contribution in [2.24, 2.45) is 9.98 Å². The number of amides is 2. The molecule has 35 heavy (non-hydrogen) atoms. The number of nitrogens with zero attached hydrogens (tertiary/aromatic N) is 3. The van der Waals surface area contributed by atoms with Gasteiger partial charge in [0.25, 0.3) is 5.91 Å². The Kier molecular flexibility index (Phi) is 6.70. The Morgan fingerprint density at radius 2 is 1.77 bits per heavy atom. The third kappa shape index (κ3) is 4.88. The largest absolute Gasteiger partial charge is 0.355 e. The van der Waals surface area contributed by atoms with Crippen LogP contribution in [0.3, 0.4) is 0 Å². The molecule has 1 N–H and O–H groups in total. The van der Waals surface area contributed by atoms with Crippen molar-refractivity contribution < 1.29 is 9.59 Å². The highest BCUT2D eigenvalue weighted by Gasteiger charge is 2.42. The number of hydrogen-bond donors (Lipinski definition) is 1. The van der Waals surface area contributed by atoms with Gasteiger partial charge in [0.1, 0.15) is 5.84 Å². The first-order valence-corrected chi connectivity index (χ1v) is 12.6. The molecule has 0 aromatic heterocycles. The van der Waals surface area contributed by atoms with E-state index in [9.17, 15) is 9.59 Å². The minimum Gasteiger partial charge on any atom is -0.355 e. The second-order valence-corrected chi connectivity index (χ2v) is 10.0. The molecule has 0 saturated carbocycles. The molecule has 5 rings (SSSR count). The number of carbonyl (C=O) groups excluding carboxylic acids is 2. The van der Waals surface area contributed by atoms with Crippen LogP contribution in [0.5, 0.6) is 0 Å². The van der Waals surface area contributed by atoms with Gasteiger partial charge in [-0.05, 0) is 48.7 Å². The van der Waals surface area contributed by atoms with Gasteiger partial charge in [0.2, 0.25) is 5.91 Å². The van der Waals surface area contributed by atoms with E-state index in [2.05, 4.69) is 5.32 Å². The third-order valence-corrected chi connectivity index (χ3v) is 7.17. The van der Waals surface area contributed by atoms with Gasteiger partial charge in [-0.1, -0.05) is 78.0 Å². The summed E-state index contributed by atoms with van der Waals surface area (Å²) in [5, 5.41) is 3.68. The van der Waals surface area contributed by atoms with E-state index in [4.69, 9.17) is 21.6 Å². The van der Waals surface area contributed by atoms with Gasteiger partial charge >= 0.3 is 0 Å². The van der Waals surface area contributed by atoms with Crippen molar-refractivity contribution in [1.82, 2.24) is 10.2 Å². The summed E-state index contributed by atoms with van der Waals surface area (Å²) in [6.07, 6.45) is 0.703. The zero-order chi connectivity index (χ0) is 24.4. The van der Waals surface area contributed by atoms with Crippen molar-refractivity contribution >= 4 is 51.9 Å². The molecule has 176 valence electrons. The Hall–Kier alpha value is -3.42. The highest BCUT2D eigenvalue weighted by atomic mass is 35.5. The Balaban J connectivity index is 1.32. The summed E-state index contributed by atoms with van der Waals surface area (Å²) in [5.41, 5.74) is 3.47. The second-order valence-electron chi connectivity index (χ2n) is 8.28. The molecular formula is C27H23ClN4O2S. The summed E-state index contributed by atoms with van der Waals surface area (Å²) in [6.45, 7) is 2.32. The molecule has 6 nitrogen and oxygen atoms in total. The maximum absolute atomic E-state index is 13.5. The normalized spacial score (nSPS) is 17.3. The molecule has 0 aliphatic carbocycles. The molecule has 2 heterocycles. The predicted octanol–water partition coefficient (Wildman–Crippen LogP) is 5.15. The monoisotopic (exact) mass is 502 g/mol. The number of fused-ring (bicyclic) bond motifs is 3. The van der Waals surface area contributed by atoms with Crippen LogP contribution in [0.2, 0.25) is 5.02 Å². The van der Waals surface area contributed by atoms with Crippen molar-refractivity contribution in [3.63, 3.8) is 0 Å². The number of rotatable bonds is 6. The molecule has 0 spiro atoms. The van der Waals surface area contributed by atoms with Gasteiger partial charge < -0.3 is 5.32 Å². The molecule has 0 saturated heterocycles. The maximum Gasteiger partial charge on any atom is 0.263 e. The standard InChI is InChI=1S/C27H23ClN4O2S/c1-17(25(33)29-16-15-18-11-13-20(28)14-12-18)35-27-30-22-10-6-5-9-21(22)24-31-23(26(34)32(24)27)19-7-3-2-4-8-19/h2-14,17,23H,15-16H2,1H3,(H,29,33)/t17-,23-/m0/s1. The lowest BCUT2D eigenvalue weighted by Gasteiger charge is -2.26.